The zero-order chi connectivity index (χ0) is 8.69. The number of hydrogen-bond acceptors (Lipinski definition) is 3. The standard InChI is InChI=1S/C7H13NO3/c1-3-4-8(2)7(10)11-6-5-9/h3,9H,1,4-6H2,2H3. The Hall–Kier alpha value is -1.03. The number of carbonyl (C=O) groups excluding carboxylic acids is 1. The first-order valence-electron chi connectivity index (χ1n) is 3.32. The van der Waals surface area contributed by atoms with Gasteiger partial charge in [-0.25, -0.2) is 4.79 Å². The lowest BCUT2D eigenvalue weighted by Crippen LogP contribution is -2.28. The predicted octanol–water partition coefficient (Wildman–Crippen LogP) is 0.233. The Balaban J connectivity index is 3.54. The lowest BCUT2D eigenvalue weighted by atomic mass is 10.6. The Morgan fingerprint density at radius 1 is 1.82 bits per heavy atom. The number of hydrogen-bond donors (Lipinski definition) is 1. The molecule has 0 spiro atoms. The minimum Gasteiger partial charge on any atom is -0.447 e. The van der Waals surface area contributed by atoms with E-state index in [-0.39, 0.29) is 13.2 Å². The third-order valence-electron chi connectivity index (χ3n) is 1.03. The van der Waals surface area contributed by atoms with E-state index in [4.69, 9.17) is 5.11 Å². The van der Waals surface area contributed by atoms with Gasteiger partial charge in [-0.2, -0.15) is 0 Å². The van der Waals surface area contributed by atoms with Crippen LogP contribution in [0.1, 0.15) is 0 Å². The fourth-order valence-electron chi connectivity index (χ4n) is 0.511. The molecule has 0 saturated carbocycles. The summed E-state index contributed by atoms with van der Waals surface area (Å²) in [7, 11) is 1.60. The van der Waals surface area contributed by atoms with Gasteiger partial charge in [0.1, 0.15) is 6.61 Å². The van der Waals surface area contributed by atoms with Crippen LogP contribution in [0.15, 0.2) is 12.7 Å². The molecule has 1 amide bonds. The Bertz CT molecular complexity index is 136. The van der Waals surface area contributed by atoms with E-state index in [9.17, 15) is 4.79 Å². The van der Waals surface area contributed by atoms with E-state index < -0.39 is 6.09 Å². The highest BCUT2D eigenvalue weighted by Crippen LogP contribution is 1.88. The van der Waals surface area contributed by atoms with Crippen molar-refractivity contribution in [2.24, 2.45) is 0 Å². The van der Waals surface area contributed by atoms with Gasteiger partial charge < -0.3 is 14.7 Å². The third kappa shape index (κ3) is 4.38. The highest BCUT2D eigenvalue weighted by atomic mass is 16.6. The first kappa shape index (κ1) is 9.97. The van der Waals surface area contributed by atoms with E-state index in [2.05, 4.69) is 11.3 Å². The van der Waals surface area contributed by atoms with Gasteiger partial charge in [-0.15, -0.1) is 6.58 Å². The summed E-state index contributed by atoms with van der Waals surface area (Å²) in [5.41, 5.74) is 0. The number of likely N-dealkylation sites (N-methyl/N-ethyl adjacent to an activating group) is 1. The van der Waals surface area contributed by atoms with Gasteiger partial charge in [0.15, 0.2) is 0 Å². The van der Waals surface area contributed by atoms with Crippen LogP contribution in [0.3, 0.4) is 0 Å². The van der Waals surface area contributed by atoms with Crippen LogP contribution in [-0.4, -0.2) is 42.9 Å². The van der Waals surface area contributed by atoms with Crippen LogP contribution in [-0.2, 0) is 4.74 Å². The molecule has 0 saturated heterocycles. The minimum absolute atomic E-state index is 0.0420. The van der Waals surface area contributed by atoms with Crippen molar-refractivity contribution in [3.05, 3.63) is 12.7 Å². The van der Waals surface area contributed by atoms with Crippen molar-refractivity contribution in [1.82, 2.24) is 4.90 Å². The van der Waals surface area contributed by atoms with Crippen molar-refractivity contribution in [3.63, 3.8) is 0 Å². The monoisotopic (exact) mass is 159 g/mol. The highest BCUT2D eigenvalue weighted by molar-refractivity contribution is 5.67. The minimum atomic E-state index is -0.445. The topological polar surface area (TPSA) is 49.8 Å². The molecule has 0 radical (unpaired) electrons. The van der Waals surface area contributed by atoms with Crippen LogP contribution < -0.4 is 0 Å². The molecule has 64 valence electrons. The summed E-state index contributed by atoms with van der Waals surface area (Å²) in [6.07, 6.45) is 1.15. The van der Waals surface area contributed by atoms with Crippen LogP contribution in [0.2, 0.25) is 0 Å². The molecule has 0 aromatic carbocycles. The van der Waals surface area contributed by atoms with Gasteiger partial charge in [-0.1, -0.05) is 6.08 Å². The van der Waals surface area contributed by atoms with Crippen LogP contribution in [0.4, 0.5) is 4.79 Å². The van der Waals surface area contributed by atoms with Gasteiger partial charge in [0.2, 0.25) is 0 Å². The van der Waals surface area contributed by atoms with Gasteiger partial charge in [0, 0.05) is 13.6 Å². The molecule has 0 fully saturated rings. The number of carbonyl (C=O) groups is 1. The fraction of sp³-hybridized carbons (Fsp3) is 0.571. The zero-order valence-electron chi connectivity index (χ0n) is 6.62. The second kappa shape index (κ2) is 5.73. The smallest absolute Gasteiger partial charge is 0.409 e. The first-order chi connectivity index (χ1) is 5.22. The largest absolute Gasteiger partial charge is 0.447 e. The molecule has 0 atom stereocenters. The molecule has 0 aliphatic carbocycles. The van der Waals surface area contributed by atoms with E-state index in [1.165, 1.54) is 4.90 Å². The second-order valence-corrected chi connectivity index (χ2v) is 2.01. The van der Waals surface area contributed by atoms with Gasteiger partial charge in [-0.3, -0.25) is 0 Å². The number of amides is 1. The quantitative estimate of drug-likeness (QED) is 0.597. The molecule has 0 aromatic rings. The lowest BCUT2D eigenvalue weighted by molar-refractivity contribution is 0.0938. The maximum atomic E-state index is 10.8. The molecule has 0 aliphatic rings. The first-order valence-corrected chi connectivity index (χ1v) is 3.32. The van der Waals surface area contributed by atoms with E-state index >= 15 is 0 Å². The summed E-state index contributed by atoms with van der Waals surface area (Å²) in [4.78, 5) is 12.2. The molecule has 0 unspecified atom stereocenters. The predicted molar refractivity (Wildman–Crippen MR) is 41.3 cm³/mol. The fourth-order valence-corrected chi connectivity index (χ4v) is 0.511. The molecular weight excluding hydrogens is 146 g/mol. The normalized spacial score (nSPS) is 8.91. The number of aliphatic hydroxyl groups is 1. The molecule has 11 heavy (non-hydrogen) atoms. The zero-order valence-corrected chi connectivity index (χ0v) is 6.62. The highest BCUT2D eigenvalue weighted by Gasteiger charge is 2.05. The van der Waals surface area contributed by atoms with Crippen LogP contribution in [0.5, 0.6) is 0 Å². The SMILES string of the molecule is C=CCN(C)C(=O)OCCO. The summed E-state index contributed by atoms with van der Waals surface area (Å²) in [6.45, 7) is 3.81. The average molecular weight is 159 g/mol. The Labute approximate surface area is 66.1 Å². The van der Waals surface area contributed by atoms with Crippen molar-refractivity contribution in [1.29, 1.82) is 0 Å². The molecule has 4 nitrogen and oxygen atoms in total. The molecule has 0 aromatic heterocycles. The van der Waals surface area contributed by atoms with Gasteiger partial charge >= 0.3 is 6.09 Å². The van der Waals surface area contributed by atoms with Crippen molar-refractivity contribution in [3.8, 4) is 0 Å². The number of ether oxygens (including phenoxy) is 1. The second-order valence-electron chi connectivity index (χ2n) is 2.01. The van der Waals surface area contributed by atoms with Crippen molar-refractivity contribution >= 4 is 6.09 Å². The van der Waals surface area contributed by atoms with Crippen molar-refractivity contribution in [2.75, 3.05) is 26.8 Å². The molecular formula is C7H13NO3. The van der Waals surface area contributed by atoms with Crippen molar-refractivity contribution < 1.29 is 14.6 Å². The summed E-state index contributed by atoms with van der Waals surface area (Å²) in [5, 5.41) is 8.31. The molecule has 1 N–H and O–H groups in total. The van der Waals surface area contributed by atoms with E-state index in [0.717, 1.165) is 0 Å². The molecule has 0 bridgehead atoms. The molecule has 0 aliphatic heterocycles. The van der Waals surface area contributed by atoms with Crippen LogP contribution in [0.25, 0.3) is 0 Å². The van der Waals surface area contributed by atoms with Crippen LogP contribution >= 0.6 is 0 Å². The van der Waals surface area contributed by atoms with Gasteiger partial charge in [-0.05, 0) is 0 Å². The Morgan fingerprint density at radius 2 is 2.45 bits per heavy atom. The summed E-state index contributed by atoms with van der Waals surface area (Å²) in [6, 6.07) is 0. The van der Waals surface area contributed by atoms with Gasteiger partial charge in [0.05, 0.1) is 6.61 Å². The lowest BCUT2D eigenvalue weighted by Gasteiger charge is -2.13. The summed E-state index contributed by atoms with van der Waals surface area (Å²) >= 11 is 0. The number of nitrogens with zero attached hydrogens (tertiary/aromatic N) is 1. The number of rotatable bonds is 4. The number of aliphatic hydroxyl groups excluding tert-OH is 1. The van der Waals surface area contributed by atoms with E-state index in [0.29, 0.717) is 6.54 Å². The maximum Gasteiger partial charge on any atom is 0.409 e. The Kier molecular flexibility index (Phi) is 5.20. The van der Waals surface area contributed by atoms with Crippen molar-refractivity contribution in [2.45, 2.75) is 0 Å². The molecule has 0 heterocycles. The summed E-state index contributed by atoms with van der Waals surface area (Å²) < 4.78 is 4.59. The molecule has 4 heteroatoms. The summed E-state index contributed by atoms with van der Waals surface area (Å²) in [5.74, 6) is 0. The molecule has 0 rings (SSSR count). The third-order valence-corrected chi connectivity index (χ3v) is 1.03. The van der Waals surface area contributed by atoms with E-state index in [1.807, 2.05) is 0 Å². The van der Waals surface area contributed by atoms with Gasteiger partial charge in [0.25, 0.3) is 0 Å². The Morgan fingerprint density at radius 3 is 2.91 bits per heavy atom. The average Bonchev–Trinajstić information content (AvgIpc) is 2.00. The maximum absolute atomic E-state index is 10.8. The van der Waals surface area contributed by atoms with E-state index in [1.54, 1.807) is 13.1 Å². The van der Waals surface area contributed by atoms with Crippen LogP contribution in [0, 0.1) is 0 Å².